The first-order valence-electron chi connectivity index (χ1n) is 6.01. The lowest BCUT2D eigenvalue weighted by Gasteiger charge is -2.31. The molecule has 92 valence electrons. The minimum Gasteiger partial charge on any atom is -0.383 e. The second kappa shape index (κ2) is 8.08. The molecule has 0 bridgehead atoms. The van der Waals surface area contributed by atoms with Crippen LogP contribution in [0, 0.1) is 5.92 Å². The predicted octanol–water partition coefficient (Wildman–Crippen LogP) is 1.72. The van der Waals surface area contributed by atoms with Crippen LogP contribution in [0.5, 0.6) is 0 Å². The Hall–Kier alpha value is -0.120. The minimum atomic E-state index is 0.263. The molecule has 0 heterocycles. The molecule has 0 fully saturated rings. The molecule has 3 heteroatoms. The van der Waals surface area contributed by atoms with Gasteiger partial charge in [0.15, 0.2) is 0 Å². The van der Waals surface area contributed by atoms with Gasteiger partial charge in [-0.1, -0.05) is 13.8 Å². The number of hydrogen-bond acceptors (Lipinski definition) is 3. The monoisotopic (exact) mass is 216 g/mol. The van der Waals surface area contributed by atoms with E-state index in [0.29, 0.717) is 12.0 Å². The van der Waals surface area contributed by atoms with Gasteiger partial charge in [0.05, 0.1) is 6.61 Å². The lowest BCUT2D eigenvalue weighted by atomic mass is 10.0. The summed E-state index contributed by atoms with van der Waals surface area (Å²) in [6.45, 7) is 11.7. The van der Waals surface area contributed by atoms with E-state index < -0.39 is 0 Å². The van der Waals surface area contributed by atoms with E-state index in [1.165, 1.54) is 6.42 Å². The maximum absolute atomic E-state index is 5.90. The molecule has 0 saturated heterocycles. The van der Waals surface area contributed by atoms with Crippen molar-refractivity contribution in [3.63, 3.8) is 0 Å². The molecule has 0 amide bonds. The van der Waals surface area contributed by atoms with Crippen molar-refractivity contribution < 1.29 is 4.74 Å². The molecule has 0 radical (unpaired) electrons. The summed E-state index contributed by atoms with van der Waals surface area (Å²) in [5, 5.41) is 0. The van der Waals surface area contributed by atoms with Crippen LogP contribution < -0.4 is 5.73 Å². The third-order valence-electron chi connectivity index (χ3n) is 3.22. The average molecular weight is 216 g/mol. The molecular formula is C12H28N2O. The van der Waals surface area contributed by atoms with Crippen molar-refractivity contribution >= 4 is 0 Å². The largest absolute Gasteiger partial charge is 0.383 e. The molecule has 0 aromatic rings. The molecule has 0 aliphatic rings. The Morgan fingerprint density at radius 1 is 1.27 bits per heavy atom. The molecule has 0 aliphatic carbocycles. The van der Waals surface area contributed by atoms with Gasteiger partial charge in [0.25, 0.3) is 0 Å². The van der Waals surface area contributed by atoms with Gasteiger partial charge in [-0.25, -0.2) is 0 Å². The summed E-state index contributed by atoms with van der Waals surface area (Å²) in [5.74, 6) is 0.538. The van der Waals surface area contributed by atoms with Gasteiger partial charge in [-0.2, -0.15) is 0 Å². The summed E-state index contributed by atoms with van der Waals surface area (Å²) in [6, 6.07) is 0.875. The van der Waals surface area contributed by atoms with Gasteiger partial charge < -0.3 is 10.5 Å². The van der Waals surface area contributed by atoms with Gasteiger partial charge >= 0.3 is 0 Å². The number of ether oxygens (including phenoxy) is 1. The first-order valence-corrected chi connectivity index (χ1v) is 6.01. The Balaban J connectivity index is 4.11. The minimum absolute atomic E-state index is 0.263. The third-order valence-corrected chi connectivity index (χ3v) is 3.22. The van der Waals surface area contributed by atoms with E-state index in [1.54, 1.807) is 7.11 Å². The second-order valence-electron chi connectivity index (χ2n) is 4.58. The van der Waals surface area contributed by atoms with Gasteiger partial charge in [-0.05, 0) is 26.2 Å². The summed E-state index contributed by atoms with van der Waals surface area (Å²) in [6.07, 6.45) is 1.18. The van der Waals surface area contributed by atoms with Crippen molar-refractivity contribution in [3.05, 3.63) is 0 Å². The fraction of sp³-hybridized carbons (Fsp3) is 1.00. The fourth-order valence-electron chi connectivity index (χ4n) is 1.49. The first kappa shape index (κ1) is 14.9. The number of nitrogens with two attached hydrogens (primary N) is 1. The summed E-state index contributed by atoms with van der Waals surface area (Å²) in [5.41, 5.74) is 5.90. The number of nitrogens with zero attached hydrogens (tertiary/aromatic N) is 1. The Kier molecular flexibility index (Phi) is 8.02. The molecule has 3 atom stereocenters. The molecule has 2 N–H and O–H groups in total. The molecule has 0 rings (SSSR count). The highest BCUT2D eigenvalue weighted by Gasteiger charge is 2.17. The summed E-state index contributed by atoms with van der Waals surface area (Å²) in [4.78, 5) is 2.47. The standard InChI is InChI=1S/C12H28N2O/c1-6-11(3)14(7-8-15-5)9-10(2)12(4)13/h10-12H,6-9,13H2,1-5H3. The van der Waals surface area contributed by atoms with Crippen molar-refractivity contribution in [1.82, 2.24) is 4.90 Å². The molecule has 3 nitrogen and oxygen atoms in total. The first-order chi connectivity index (χ1) is 7.02. The lowest BCUT2D eigenvalue weighted by Crippen LogP contribution is -2.42. The smallest absolute Gasteiger partial charge is 0.0589 e. The summed E-state index contributed by atoms with van der Waals surface area (Å²) >= 11 is 0. The van der Waals surface area contributed by atoms with Crippen LogP contribution in [0.15, 0.2) is 0 Å². The summed E-state index contributed by atoms with van der Waals surface area (Å²) < 4.78 is 5.14. The molecule has 0 aromatic heterocycles. The van der Waals surface area contributed by atoms with Gasteiger partial charge in [0.2, 0.25) is 0 Å². The Morgan fingerprint density at radius 2 is 1.87 bits per heavy atom. The topological polar surface area (TPSA) is 38.5 Å². The van der Waals surface area contributed by atoms with E-state index in [4.69, 9.17) is 10.5 Å². The van der Waals surface area contributed by atoms with Crippen LogP contribution in [-0.2, 0) is 4.74 Å². The fourth-order valence-corrected chi connectivity index (χ4v) is 1.49. The van der Waals surface area contributed by atoms with Crippen molar-refractivity contribution in [2.75, 3.05) is 26.8 Å². The average Bonchev–Trinajstić information content (AvgIpc) is 2.22. The second-order valence-corrected chi connectivity index (χ2v) is 4.58. The van der Waals surface area contributed by atoms with Crippen LogP contribution in [0.1, 0.15) is 34.1 Å². The lowest BCUT2D eigenvalue weighted by molar-refractivity contribution is 0.108. The number of methoxy groups -OCH3 is 1. The third kappa shape index (κ3) is 6.13. The molecule has 0 saturated carbocycles. The highest BCUT2D eigenvalue weighted by Crippen LogP contribution is 2.09. The SMILES string of the molecule is CCC(C)N(CCOC)CC(C)C(C)N. The van der Waals surface area contributed by atoms with Crippen LogP contribution in [0.4, 0.5) is 0 Å². The highest BCUT2D eigenvalue weighted by molar-refractivity contribution is 4.73. The predicted molar refractivity (Wildman–Crippen MR) is 66.0 cm³/mol. The van der Waals surface area contributed by atoms with Crippen molar-refractivity contribution in [1.29, 1.82) is 0 Å². The summed E-state index contributed by atoms with van der Waals surface area (Å²) in [7, 11) is 1.75. The molecule has 3 unspecified atom stereocenters. The molecular weight excluding hydrogens is 188 g/mol. The van der Waals surface area contributed by atoms with Crippen molar-refractivity contribution in [3.8, 4) is 0 Å². The zero-order chi connectivity index (χ0) is 11.8. The molecule has 15 heavy (non-hydrogen) atoms. The normalized spacial score (nSPS) is 17.8. The van der Waals surface area contributed by atoms with Crippen LogP contribution in [0.3, 0.4) is 0 Å². The van der Waals surface area contributed by atoms with Gasteiger partial charge in [-0.3, -0.25) is 4.90 Å². The molecule has 0 spiro atoms. The van der Waals surface area contributed by atoms with Gasteiger partial charge in [0, 0.05) is 32.3 Å². The quantitative estimate of drug-likeness (QED) is 0.671. The van der Waals surface area contributed by atoms with E-state index in [9.17, 15) is 0 Å². The van der Waals surface area contributed by atoms with Gasteiger partial charge in [0.1, 0.15) is 0 Å². The number of hydrogen-bond donors (Lipinski definition) is 1. The van der Waals surface area contributed by atoms with E-state index in [2.05, 4.69) is 32.6 Å². The zero-order valence-corrected chi connectivity index (χ0v) is 11.0. The van der Waals surface area contributed by atoms with E-state index in [-0.39, 0.29) is 6.04 Å². The highest BCUT2D eigenvalue weighted by atomic mass is 16.5. The van der Waals surface area contributed by atoms with Crippen LogP contribution in [0.25, 0.3) is 0 Å². The van der Waals surface area contributed by atoms with Gasteiger partial charge in [-0.15, -0.1) is 0 Å². The zero-order valence-electron chi connectivity index (χ0n) is 11.0. The maximum atomic E-state index is 5.90. The molecule has 0 aromatic carbocycles. The van der Waals surface area contributed by atoms with E-state index >= 15 is 0 Å². The van der Waals surface area contributed by atoms with Crippen LogP contribution in [-0.4, -0.2) is 43.8 Å². The van der Waals surface area contributed by atoms with E-state index in [1.807, 2.05) is 0 Å². The Bertz CT molecular complexity index is 151. The van der Waals surface area contributed by atoms with Crippen molar-refractivity contribution in [2.45, 2.75) is 46.2 Å². The maximum Gasteiger partial charge on any atom is 0.0589 e. The Morgan fingerprint density at radius 3 is 2.27 bits per heavy atom. The van der Waals surface area contributed by atoms with Crippen molar-refractivity contribution in [2.24, 2.45) is 11.7 Å². The molecule has 0 aliphatic heterocycles. The van der Waals surface area contributed by atoms with Crippen LogP contribution in [0.2, 0.25) is 0 Å². The van der Waals surface area contributed by atoms with Crippen LogP contribution >= 0.6 is 0 Å². The Labute approximate surface area is 95.0 Å². The number of rotatable bonds is 8. The van der Waals surface area contributed by atoms with E-state index in [0.717, 1.165) is 19.7 Å².